The van der Waals surface area contributed by atoms with Gasteiger partial charge in [0.25, 0.3) is 11.8 Å². The molecule has 2 aliphatic heterocycles. The van der Waals surface area contributed by atoms with Gasteiger partial charge in [-0.05, 0) is 63.8 Å². The van der Waals surface area contributed by atoms with Crippen molar-refractivity contribution in [1.82, 2.24) is 29.6 Å². The first kappa shape index (κ1) is 31.5. The van der Waals surface area contributed by atoms with Gasteiger partial charge in [0.05, 0.1) is 29.6 Å². The van der Waals surface area contributed by atoms with Crippen molar-refractivity contribution in [2.24, 2.45) is 5.41 Å². The maximum absolute atomic E-state index is 14.2. The monoisotopic (exact) mass is 624 g/mol. The standard InChI is InChI=1S/C36H44N6O4/c1-3-42-25-30(23-37-42)34(43)40-18-15-36(16-19-40)14-9-17-39(26-31-22-28(2)46-38-31)20-21-41(24-29-10-5-4-6-11-29)35(44)32-12-7-8-13-33(32)45-27-36/h4-8,10-13,22-23,25H,3,9,14-21,24,26-27H2,1-2H3. The Morgan fingerprint density at radius 3 is 2.46 bits per heavy atom. The zero-order chi connectivity index (χ0) is 31.9. The van der Waals surface area contributed by atoms with Crippen molar-refractivity contribution >= 4 is 11.8 Å². The summed E-state index contributed by atoms with van der Waals surface area (Å²) in [4.78, 5) is 33.8. The number of carbonyl (C=O) groups excluding carboxylic acids is 2. The highest BCUT2D eigenvalue weighted by Gasteiger charge is 2.37. The van der Waals surface area contributed by atoms with Gasteiger partial charge in [-0.3, -0.25) is 19.2 Å². The first-order valence-electron chi connectivity index (χ1n) is 16.4. The molecule has 0 radical (unpaired) electrons. The van der Waals surface area contributed by atoms with E-state index in [-0.39, 0.29) is 17.2 Å². The zero-order valence-corrected chi connectivity index (χ0v) is 26.9. The summed E-state index contributed by atoms with van der Waals surface area (Å²) in [6, 6.07) is 19.7. The van der Waals surface area contributed by atoms with Crippen LogP contribution in [-0.4, -0.2) is 80.8 Å². The predicted molar refractivity (Wildman–Crippen MR) is 174 cm³/mol. The van der Waals surface area contributed by atoms with E-state index in [1.54, 1.807) is 10.9 Å². The van der Waals surface area contributed by atoms with Gasteiger partial charge in [0, 0.05) is 63.5 Å². The van der Waals surface area contributed by atoms with Crippen LogP contribution >= 0.6 is 0 Å². The van der Waals surface area contributed by atoms with Crippen LogP contribution in [0.15, 0.2) is 77.6 Å². The molecular formula is C36H44N6O4. The molecule has 1 fully saturated rings. The number of ether oxygens (including phenoxy) is 1. The number of carbonyl (C=O) groups is 2. The minimum atomic E-state index is -0.117. The van der Waals surface area contributed by atoms with E-state index in [1.807, 2.05) is 78.4 Å². The number of fused-ring (bicyclic) bond motifs is 1. The minimum Gasteiger partial charge on any atom is -0.492 e. The van der Waals surface area contributed by atoms with Crippen molar-refractivity contribution in [3.63, 3.8) is 0 Å². The molecule has 2 aromatic carbocycles. The van der Waals surface area contributed by atoms with Crippen LogP contribution in [0.4, 0.5) is 0 Å². The number of para-hydroxylation sites is 1. The fourth-order valence-electron chi connectivity index (χ4n) is 6.64. The summed E-state index contributed by atoms with van der Waals surface area (Å²) < 4.78 is 13.8. The van der Waals surface area contributed by atoms with Crippen LogP contribution in [-0.2, 0) is 19.6 Å². The van der Waals surface area contributed by atoms with Gasteiger partial charge >= 0.3 is 0 Å². The molecule has 0 N–H and O–H groups in total. The summed E-state index contributed by atoms with van der Waals surface area (Å²) in [6.07, 6.45) is 7.08. The van der Waals surface area contributed by atoms with E-state index < -0.39 is 0 Å². The SMILES string of the molecule is CCn1cc(C(=O)N2CCC3(CCCN(Cc4cc(C)on4)CCN(Cc4ccccc4)C(=O)c4ccccc4OC3)CC2)cn1. The van der Waals surface area contributed by atoms with Crippen molar-refractivity contribution < 1.29 is 18.8 Å². The second-order valence-corrected chi connectivity index (χ2v) is 12.7. The Bertz CT molecular complexity index is 1610. The van der Waals surface area contributed by atoms with Crippen LogP contribution in [0.3, 0.4) is 0 Å². The Balaban J connectivity index is 1.25. The number of hydrogen-bond acceptors (Lipinski definition) is 7. The van der Waals surface area contributed by atoms with E-state index in [2.05, 4.69) is 27.3 Å². The van der Waals surface area contributed by atoms with Gasteiger partial charge in [-0.2, -0.15) is 5.10 Å². The van der Waals surface area contributed by atoms with Crippen LogP contribution in [0.25, 0.3) is 0 Å². The number of amides is 2. The molecule has 1 saturated heterocycles. The summed E-state index contributed by atoms with van der Waals surface area (Å²) in [5.41, 5.74) is 3.07. The fraction of sp³-hybridized carbons (Fsp3) is 0.444. The van der Waals surface area contributed by atoms with Crippen molar-refractivity contribution in [1.29, 1.82) is 0 Å². The lowest BCUT2D eigenvalue weighted by atomic mass is 9.75. The number of benzene rings is 2. The Labute approximate surface area is 270 Å². The average Bonchev–Trinajstić information content (AvgIpc) is 3.74. The molecule has 0 unspecified atom stereocenters. The number of rotatable bonds is 6. The molecule has 6 rings (SSSR count). The van der Waals surface area contributed by atoms with E-state index >= 15 is 0 Å². The van der Waals surface area contributed by atoms with Crippen LogP contribution in [0.2, 0.25) is 0 Å². The zero-order valence-electron chi connectivity index (χ0n) is 26.9. The van der Waals surface area contributed by atoms with E-state index in [4.69, 9.17) is 9.26 Å². The Hall–Kier alpha value is -4.44. The molecule has 0 atom stereocenters. The van der Waals surface area contributed by atoms with Crippen molar-refractivity contribution in [3.05, 3.63) is 101 Å². The van der Waals surface area contributed by atoms with Crippen LogP contribution in [0.1, 0.15) is 70.3 Å². The lowest BCUT2D eigenvalue weighted by Gasteiger charge is -2.42. The maximum atomic E-state index is 14.2. The highest BCUT2D eigenvalue weighted by Crippen LogP contribution is 2.38. The smallest absolute Gasteiger partial charge is 0.257 e. The number of piperidine rings is 1. The largest absolute Gasteiger partial charge is 0.492 e. The van der Waals surface area contributed by atoms with Crippen molar-refractivity contribution in [3.8, 4) is 5.75 Å². The molecule has 46 heavy (non-hydrogen) atoms. The van der Waals surface area contributed by atoms with Crippen molar-refractivity contribution in [2.45, 2.75) is 59.2 Å². The number of aryl methyl sites for hydroxylation is 2. The topological polar surface area (TPSA) is 96.9 Å². The third kappa shape index (κ3) is 7.50. The quantitative estimate of drug-likeness (QED) is 0.282. The molecule has 0 bridgehead atoms. The third-order valence-corrected chi connectivity index (χ3v) is 9.40. The van der Waals surface area contributed by atoms with Gasteiger partial charge in [0.2, 0.25) is 0 Å². The molecule has 0 aliphatic carbocycles. The third-order valence-electron chi connectivity index (χ3n) is 9.40. The van der Waals surface area contributed by atoms with E-state index in [0.29, 0.717) is 62.8 Å². The molecule has 1 spiro atoms. The van der Waals surface area contributed by atoms with Crippen LogP contribution < -0.4 is 4.74 Å². The molecule has 4 aromatic rings. The number of aromatic nitrogens is 3. The average molecular weight is 625 g/mol. The predicted octanol–water partition coefficient (Wildman–Crippen LogP) is 5.44. The number of likely N-dealkylation sites (tertiary alicyclic amines) is 1. The molecule has 2 amide bonds. The second-order valence-electron chi connectivity index (χ2n) is 12.7. The molecule has 10 nitrogen and oxygen atoms in total. The van der Waals surface area contributed by atoms with Gasteiger partial charge in [-0.15, -0.1) is 0 Å². The van der Waals surface area contributed by atoms with E-state index in [0.717, 1.165) is 55.8 Å². The summed E-state index contributed by atoms with van der Waals surface area (Å²) in [5.74, 6) is 1.39. The molecule has 2 aliphatic rings. The first-order valence-corrected chi connectivity index (χ1v) is 16.4. The van der Waals surface area contributed by atoms with Gasteiger partial charge in [-0.25, -0.2) is 0 Å². The molecule has 4 heterocycles. The summed E-state index contributed by atoms with van der Waals surface area (Å²) in [6.45, 7) is 9.75. The molecule has 242 valence electrons. The maximum Gasteiger partial charge on any atom is 0.257 e. The van der Waals surface area contributed by atoms with Crippen LogP contribution in [0.5, 0.6) is 5.75 Å². The Morgan fingerprint density at radius 2 is 1.72 bits per heavy atom. The Kier molecular flexibility index (Phi) is 9.82. The normalized spacial score (nSPS) is 17.9. The van der Waals surface area contributed by atoms with Gasteiger partial charge in [0.15, 0.2) is 0 Å². The summed E-state index contributed by atoms with van der Waals surface area (Å²) >= 11 is 0. The highest BCUT2D eigenvalue weighted by molar-refractivity contribution is 5.97. The van der Waals surface area contributed by atoms with Crippen molar-refractivity contribution in [2.75, 3.05) is 39.3 Å². The van der Waals surface area contributed by atoms with Gasteiger partial charge < -0.3 is 19.1 Å². The van der Waals surface area contributed by atoms with Crippen LogP contribution in [0, 0.1) is 12.3 Å². The highest BCUT2D eigenvalue weighted by atomic mass is 16.5. The number of hydrogen-bond donors (Lipinski definition) is 0. The molecular weight excluding hydrogens is 580 g/mol. The summed E-state index contributed by atoms with van der Waals surface area (Å²) in [7, 11) is 0. The lowest BCUT2D eigenvalue weighted by Crippen LogP contribution is -2.45. The lowest BCUT2D eigenvalue weighted by molar-refractivity contribution is 0.0348. The fourth-order valence-corrected chi connectivity index (χ4v) is 6.64. The van der Waals surface area contributed by atoms with Gasteiger partial charge in [-0.1, -0.05) is 47.6 Å². The number of nitrogens with zero attached hydrogens (tertiary/aromatic N) is 6. The van der Waals surface area contributed by atoms with E-state index in [9.17, 15) is 9.59 Å². The first-order chi connectivity index (χ1) is 22.4. The van der Waals surface area contributed by atoms with Gasteiger partial charge in [0.1, 0.15) is 11.5 Å². The Morgan fingerprint density at radius 1 is 0.935 bits per heavy atom. The second kappa shape index (κ2) is 14.3. The van der Waals surface area contributed by atoms with E-state index in [1.165, 1.54) is 0 Å². The molecule has 2 aromatic heterocycles. The molecule has 10 heteroatoms. The summed E-state index contributed by atoms with van der Waals surface area (Å²) in [5, 5.41) is 8.56. The minimum absolute atomic E-state index is 0.0311. The molecule has 0 saturated carbocycles.